The van der Waals surface area contributed by atoms with Gasteiger partial charge in [0.25, 0.3) is 0 Å². The molecule has 0 saturated carbocycles. The molecule has 0 atom stereocenters. The lowest BCUT2D eigenvalue weighted by molar-refractivity contribution is 0.357. The van der Waals surface area contributed by atoms with E-state index in [1.54, 1.807) is 0 Å². The fraction of sp³-hybridized carbons (Fsp3) is 0.385. The summed E-state index contributed by atoms with van der Waals surface area (Å²) in [6, 6.07) is 4.37. The van der Waals surface area contributed by atoms with E-state index < -0.39 is 0 Å². The highest BCUT2D eigenvalue weighted by Crippen LogP contribution is 2.33. The van der Waals surface area contributed by atoms with Crippen molar-refractivity contribution in [3.05, 3.63) is 29.0 Å². The number of nitrogens with two attached hydrogens (primary N) is 1. The van der Waals surface area contributed by atoms with Crippen molar-refractivity contribution in [3.63, 3.8) is 0 Å². The standard InChI is InChI=1S/C13H16N2O/c1-8-10(2-4-14)11-7-13-9(3-5-16-13)6-12(11)15-8/h6-7,15H,2-5,14H2,1H3. The Hall–Kier alpha value is -1.48. The van der Waals surface area contributed by atoms with E-state index in [2.05, 4.69) is 24.0 Å². The van der Waals surface area contributed by atoms with Gasteiger partial charge in [-0.2, -0.15) is 0 Å². The molecule has 1 aromatic heterocycles. The molecule has 0 spiro atoms. The fourth-order valence-corrected chi connectivity index (χ4v) is 2.52. The van der Waals surface area contributed by atoms with Gasteiger partial charge in [0, 0.05) is 23.0 Å². The molecule has 0 fully saturated rings. The summed E-state index contributed by atoms with van der Waals surface area (Å²) in [7, 11) is 0. The Labute approximate surface area is 94.6 Å². The van der Waals surface area contributed by atoms with E-state index in [1.807, 2.05) is 0 Å². The average Bonchev–Trinajstić information content (AvgIpc) is 2.81. The number of hydrogen-bond acceptors (Lipinski definition) is 2. The lowest BCUT2D eigenvalue weighted by Gasteiger charge is -2.01. The molecule has 1 aromatic carbocycles. The Morgan fingerprint density at radius 3 is 3.12 bits per heavy atom. The van der Waals surface area contributed by atoms with Gasteiger partial charge in [-0.05, 0) is 43.1 Å². The Balaban J connectivity index is 2.23. The number of aryl methyl sites for hydroxylation is 1. The minimum Gasteiger partial charge on any atom is -0.493 e. The van der Waals surface area contributed by atoms with E-state index >= 15 is 0 Å². The maximum atomic E-state index is 5.65. The first kappa shape index (κ1) is 9.73. The van der Waals surface area contributed by atoms with Crippen molar-refractivity contribution in [2.75, 3.05) is 13.2 Å². The number of ether oxygens (including phenoxy) is 1. The second kappa shape index (κ2) is 3.52. The fourth-order valence-electron chi connectivity index (χ4n) is 2.52. The number of hydrogen-bond donors (Lipinski definition) is 2. The molecule has 0 aliphatic carbocycles. The Morgan fingerprint density at radius 1 is 1.44 bits per heavy atom. The third-order valence-electron chi connectivity index (χ3n) is 3.32. The smallest absolute Gasteiger partial charge is 0.123 e. The molecule has 2 aromatic rings. The Kier molecular flexibility index (Phi) is 2.14. The minimum absolute atomic E-state index is 0.686. The van der Waals surface area contributed by atoms with Gasteiger partial charge in [-0.25, -0.2) is 0 Å². The topological polar surface area (TPSA) is 51.0 Å². The van der Waals surface area contributed by atoms with Crippen molar-refractivity contribution >= 4 is 10.9 Å². The maximum absolute atomic E-state index is 5.65. The first-order chi connectivity index (χ1) is 7.79. The minimum atomic E-state index is 0.686. The molecule has 0 unspecified atom stereocenters. The zero-order valence-corrected chi connectivity index (χ0v) is 9.47. The maximum Gasteiger partial charge on any atom is 0.123 e. The van der Waals surface area contributed by atoms with Crippen molar-refractivity contribution in [1.29, 1.82) is 0 Å². The Bertz CT molecular complexity index is 542. The van der Waals surface area contributed by atoms with Gasteiger partial charge in [-0.1, -0.05) is 0 Å². The van der Waals surface area contributed by atoms with E-state index in [-0.39, 0.29) is 0 Å². The van der Waals surface area contributed by atoms with E-state index in [1.165, 1.54) is 27.7 Å². The van der Waals surface area contributed by atoms with Crippen molar-refractivity contribution in [3.8, 4) is 5.75 Å². The summed E-state index contributed by atoms with van der Waals surface area (Å²) in [6.07, 6.45) is 1.94. The summed E-state index contributed by atoms with van der Waals surface area (Å²) in [6.45, 7) is 3.61. The van der Waals surface area contributed by atoms with Gasteiger partial charge in [-0.3, -0.25) is 0 Å². The number of benzene rings is 1. The molecule has 3 rings (SSSR count). The van der Waals surface area contributed by atoms with Crippen molar-refractivity contribution in [2.24, 2.45) is 5.73 Å². The third-order valence-corrected chi connectivity index (χ3v) is 3.32. The SMILES string of the molecule is Cc1[nH]c2cc3c(cc2c1CCN)OCC3. The summed E-state index contributed by atoms with van der Waals surface area (Å²) in [5.74, 6) is 1.05. The van der Waals surface area contributed by atoms with Crippen LogP contribution in [-0.2, 0) is 12.8 Å². The van der Waals surface area contributed by atoms with Gasteiger partial charge in [0.05, 0.1) is 6.61 Å². The van der Waals surface area contributed by atoms with Crippen LogP contribution in [0.5, 0.6) is 5.75 Å². The quantitative estimate of drug-likeness (QED) is 0.805. The number of fused-ring (bicyclic) bond motifs is 2. The van der Waals surface area contributed by atoms with E-state index in [0.29, 0.717) is 6.54 Å². The number of aromatic amines is 1. The van der Waals surface area contributed by atoms with Crippen molar-refractivity contribution < 1.29 is 4.74 Å². The summed E-state index contributed by atoms with van der Waals surface area (Å²) in [4.78, 5) is 3.43. The van der Waals surface area contributed by atoms with Crippen LogP contribution in [0.1, 0.15) is 16.8 Å². The van der Waals surface area contributed by atoms with Gasteiger partial charge in [-0.15, -0.1) is 0 Å². The second-order valence-electron chi connectivity index (χ2n) is 4.37. The summed E-state index contributed by atoms with van der Waals surface area (Å²) in [5, 5.41) is 1.27. The molecule has 3 nitrogen and oxygen atoms in total. The number of rotatable bonds is 2. The van der Waals surface area contributed by atoms with Gasteiger partial charge in [0.15, 0.2) is 0 Å². The van der Waals surface area contributed by atoms with Gasteiger partial charge in [0.1, 0.15) is 5.75 Å². The highest BCUT2D eigenvalue weighted by molar-refractivity contribution is 5.87. The van der Waals surface area contributed by atoms with Gasteiger partial charge >= 0.3 is 0 Å². The molecule has 0 saturated heterocycles. The zero-order chi connectivity index (χ0) is 11.1. The zero-order valence-electron chi connectivity index (χ0n) is 9.47. The molecule has 3 N–H and O–H groups in total. The van der Waals surface area contributed by atoms with Gasteiger partial charge in [0.2, 0.25) is 0 Å². The molecule has 3 heteroatoms. The summed E-state index contributed by atoms with van der Waals surface area (Å²) in [5.41, 5.74) is 10.7. The van der Waals surface area contributed by atoms with E-state index in [9.17, 15) is 0 Å². The number of nitrogens with one attached hydrogen (secondary N) is 1. The lowest BCUT2D eigenvalue weighted by Crippen LogP contribution is -2.03. The highest BCUT2D eigenvalue weighted by atomic mass is 16.5. The molecule has 1 aliphatic heterocycles. The first-order valence-corrected chi connectivity index (χ1v) is 5.76. The third kappa shape index (κ3) is 1.32. The predicted molar refractivity (Wildman–Crippen MR) is 65.0 cm³/mol. The Morgan fingerprint density at radius 2 is 2.31 bits per heavy atom. The van der Waals surface area contributed by atoms with Crippen LogP contribution in [0, 0.1) is 6.92 Å². The molecule has 16 heavy (non-hydrogen) atoms. The molecule has 1 aliphatic rings. The normalized spacial score (nSPS) is 14.1. The van der Waals surface area contributed by atoms with Crippen molar-refractivity contribution in [2.45, 2.75) is 19.8 Å². The number of aromatic nitrogens is 1. The molecule has 0 bridgehead atoms. The number of H-pyrrole nitrogens is 1. The van der Waals surface area contributed by atoms with Crippen LogP contribution in [0.4, 0.5) is 0 Å². The first-order valence-electron chi connectivity index (χ1n) is 5.76. The van der Waals surface area contributed by atoms with Crippen LogP contribution in [-0.4, -0.2) is 18.1 Å². The predicted octanol–water partition coefficient (Wildman–Crippen LogP) is 1.91. The van der Waals surface area contributed by atoms with Crippen LogP contribution >= 0.6 is 0 Å². The van der Waals surface area contributed by atoms with Crippen LogP contribution in [0.25, 0.3) is 10.9 Å². The molecule has 0 amide bonds. The average molecular weight is 216 g/mol. The van der Waals surface area contributed by atoms with Crippen LogP contribution < -0.4 is 10.5 Å². The highest BCUT2D eigenvalue weighted by Gasteiger charge is 2.16. The lowest BCUT2D eigenvalue weighted by atomic mass is 10.0. The van der Waals surface area contributed by atoms with Crippen LogP contribution in [0.15, 0.2) is 12.1 Å². The molecule has 84 valence electrons. The second-order valence-corrected chi connectivity index (χ2v) is 4.37. The van der Waals surface area contributed by atoms with Gasteiger partial charge < -0.3 is 15.5 Å². The summed E-state index contributed by atoms with van der Waals surface area (Å²) >= 11 is 0. The van der Waals surface area contributed by atoms with Crippen molar-refractivity contribution in [1.82, 2.24) is 4.98 Å². The molecular weight excluding hydrogens is 200 g/mol. The van der Waals surface area contributed by atoms with E-state index in [4.69, 9.17) is 10.5 Å². The summed E-state index contributed by atoms with van der Waals surface area (Å²) < 4.78 is 5.60. The van der Waals surface area contributed by atoms with Crippen LogP contribution in [0.3, 0.4) is 0 Å². The largest absolute Gasteiger partial charge is 0.493 e. The van der Waals surface area contributed by atoms with Crippen LogP contribution in [0.2, 0.25) is 0 Å². The molecular formula is C13H16N2O. The van der Waals surface area contributed by atoms with E-state index in [0.717, 1.165) is 25.2 Å². The molecule has 0 radical (unpaired) electrons. The monoisotopic (exact) mass is 216 g/mol. The molecule has 2 heterocycles.